The number of anilines is 1. The summed E-state index contributed by atoms with van der Waals surface area (Å²) in [5.41, 5.74) is 9.19. The molecule has 4 nitrogen and oxygen atoms in total. The third-order valence-corrected chi connectivity index (χ3v) is 2.78. The second-order valence-electron chi connectivity index (χ2n) is 5.32. The Morgan fingerprint density at radius 1 is 0.842 bits per heavy atom. The summed E-state index contributed by atoms with van der Waals surface area (Å²) < 4.78 is 0.755. The molecular formula is C15H19N4+. The first-order chi connectivity index (χ1) is 8.95. The summed E-state index contributed by atoms with van der Waals surface area (Å²) >= 11 is 0. The van der Waals surface area contributed by atoms with Crippen molar-refractivity contribution in [1.82, 2.24) is 4.48 Å². The van der Waals surface area contributed by atoms with Crippen LogP contribution in [0, 0.1) is 0 Å². The van der Waals surface area contributed by atoms with Crippen molar-refractivity contribution in [2.24, 2.45) is 10.2 Å². The zero-order valence-electron chi connectivity index (χ0n) is 11.5. The van der Waals surface area contributed by atoms with Crippen LogP contribution in [0.5, 0.6) is 0 Å². The average molecular weight is 255 g/mol. The number of azo groups is 1. The van der Waals surface area contributed by atoms with Crippen molar-refractivity contribution in [2.45, 2.75) is 0 Å². The largest absolute Gasteiger partial charge is 0.399 e. The van der Waals surface area contributed by atoms with Crippen LogP contribution in [0.15, 0.2) is 58.8 Å². The molecule has 0 aliphatic heterocycles. The molecule has 0 amide bonds. The fourth-order valence-electron chi connectivity index (χ4n) is 1.63. The minimum Gasteiger partial charge on any atom is -0.399 e. The second-order valence-corrected chi connectivity index (χ2v) is 5.32. The minimum absolute atomic E-state index is 0.728. The molecule has 2 rings (SSSR count). The van der Waals surface area contributed by atoms with Gasteiger partial charge in [0.2, 0.25) is 0 Å². The number of hydrogen-bond donors (Lipinski definition) is 1. The Labute approximate surface area is 113 Å². The van der Waals surface area contributed by atoms with Crippen molar-refractivity contribution >= 4 is 22.7 Å². The van der Waals surface area contributed by atoms with Crippen LogP contribution < -0.4 is 10.2 Å². The van der Waals surface area contributed by atoms with Crippen molar-refractivity contribution in [3.05, 3.63) is 48.5 Å². The second kappa shape index (κ2) is 5.20. The lowest BCUT2D eigenvalue weighted by molar-refractivity contribution is 0.486. The third kappa shape index (κ3) is 3.63. The van der Waals surface area contributed by atoms with Crippen LogP contribution in [0.3, 0.4) is 0 Å². The number of rotatable bonds is 3. The van der Waals surface area contributed by atoms with Gasteiger partial charge in [0.05, 0.1) is 32.5 Å². The van der Waals surface area contributed by atoms with Gasteiger partial charge in [-0.05, 0) is 36.4 Å². The lowest BCUT2D eigenvalue weighted by atomic mass is 10.2. The Kier molecular flexibility index (Phi) is 3.62. The molecule has 0 unspecified atom stereocenters. The average Bonchev–Trinajstić information content (AvgIpc) is 2.37. The highest BCUT2D eigenvalue weighted by molar-refractivity contribution is 5.53. The van der Waals surface area contributed by atoms with Gasteiger partial charge in [-0.2, -0.15) is 10.2 Å². The van der Waals surface area contributed by atoms with Crippen molar-refractivity contribution in [3.63, 3.8) is 0 Å². The minimum atomic E-state index is 0.728. The molecule has 0 spiro atoms. The van der Waals surface area contributed by atoms with Crippen LogP contribution in [-0.4, -0.2) is 21.1 Å². The Balaban J connectivity index is 2.21. The summed E-state index contributed by atoms with van der Waals surface area (Å²) in [6, 6.07) is 15.4. The van der Waals surface area contributed by atoms with E-state index in [-0.39, 0.29) is 0 Å². The molecule has 0 fully saturated rings. The molecule has 98 valence electrons. The molecule has 0 radical (unpaired) electrons. The molecule has 2 aromatic rings. The van der Waals surface area contributed by atoms with Crippen LogP contribution >= 0.6 is 0 Å². The van der Waals surface area contributed by atoms with E-state index < -0.39 is 0 Å². The van der Waals surface area contributed by atoms with Crippen LogP contribution in [0.25, 0.3) is 0 Å². The van der Waals surface area contributed by atoms with E-state index in [1.165, 1.54) is 5.69 Å². The van der Waals surface area contributed by atoms with Gasteiger partial charge in [-0.15, -0.1) is 0 Å². The quantitative estimate of drug-likeness (QED) is 0.505. The van der Waals surface area contributed by atoms with Crippen molar-refractivity contribution < 1.29 is 0 Å². The smallest absolute Gasteiger partial charge is 0.134 e. The summed E-state index contributed by atoms with van der Waals surface area (Å²) in [4.78, 5) is 0. The van der Waals surface area contributed by atoms with Gasteiger partial charge < -0.3 is 5.73 Å². The highest BCUT2D eigenvalue weighted by Crippen LogP contribution is 2.25. The molecule has 0 heterocycles. The number of nitrogens with two attached hydrogens (primary N) is 1. The van der Waals surface area contributed by atoms with Crippen LogP contribution in [0.2, 0.25) is 0 Å². The highest BCUT2D eigenvalue weighted by atomic mass is 15.3. The summed E-state index contributed by atoms with van der Waals surface area (Å²) in [6.45, 7) is 0. The molecule has 2 aromatic carbocycles. The molecule has 0 atom stereocenters. The van der Waals surface area contributed by atoms with E-state index in [0.717, 1.165) is 21.5 Å². The van der Waals surface area contributed by atoms with E-state index in [0.29, 0.717) is 0 Å². The van der Waals surface area contributed by atoms with Gasteiger partial charge in [0, 0.05) is 11.8 Å². The maximum atomic E-state index is 5.63. The first-order valence-electron chi connectivity index (χ1n) is 6.14. The maximum Gasteiger partial charge on any atom is 0.134 e. The van der Waals surface area contributed by atoms with Crippen LogP contribution in [0.1, 0.15) is 0 Å². The maximum absolute atomic E-state index is 5.63. The molecule has 0 saturated carbocycles. The molecule has 2 N–H and O–H groups in total. The van der Waals surface area contributed by atoms with Gasteiger partial charge in [0.1, 0.15) is 5.69 Å². The van der Waals surface area contributed by atoms with Crippen molar-refractivity contribution in [3.8, 4) is 0 Å². The molecule has 0 aliphatic carbocycles. The first kappa shape index (κ1) is 13.2. The fraction of sp³-hybridized carbons (Fsp3) is 0.200. The Morgan fingerprint density at radius 2 is 1.47 bits per heavy atom. The monoisotopic (exact) mass is 255 g/mol. The van der Waals surface area contributed by atoms with E-state index in [2.05, 4.69) is 37.4 Å². The van der Waals surface area contributed by atoms with E-state index >= 15 is 0 Å². The topological polar surface area (TPSA) is 50.7 Å². The summed E-state index contributed by atoms with van der Waals surface area (Å²) in [5.74, 6) is 0. The van der Waals surface area contributed by atoms with Crippen LogP contribution in [-0.2, 0) is 0 Å². The Hall–Kier alpha value is -2.20. The molecule has 0 bridgehead atoms. The number of nitrogens with zero attached hydrogens (tertiary/aromatic N) is 3. The molecule has 0 aromatic heterocycles. The van der Waals surface area contributed by atoms with E-state index in [1.807, 2.05) is 42.5 Å². The normalized spacial score (nSPS) is 11.9. The standard InChI is InChI=1S/C15H19N4/c1-19(2,3)15-6-4-5-14(11-15)18-17-13-9-7-12(16)8-10-13/h4-11H,16H2,1-3H3/q+1. The summed E-state index contributed by atoms with van der Waals surface area (Å²) in [5, 5.41) is 8.46. The molecule has 19 heavy (non-hydrogen) atoms. The van der Waals surface area contributed by atoms with Gasteiger partial charge in [-0.1, -0.05) is 6.07 Å². The van der Waals surface area contributed by atoms with Gasteiger partial charge in [0.15, 0.2) is 0 Å². The number of quaternary nitrogens is 1. The first-order valence-corrected chi connectivity index (χ1v) is 6.14. The number of nitrogen functional groups attached to an aromatic ring is 1. The van der Waals surface area contributed by atoms with Gasteiger partial charge in [-0.25, -0.2) is 0 Å². The van der Waals surface area contributed by atoms with E-state index in [4.69, 9.17) is 5.73 Å². The summed E-state index contributed by atoms with van der Waals surface area (Å²) in [7, 11) is 6.36. The molecule has 0 aliphatic rings. The van der Waals surface area contributed by atoms with Gasteiger partial charge in [0.25, 0.3) is 0 Å². The van der Waals surface area contributed by atoms with Crippen molar-refractivity contribution in [2.75, 3.05) is 26.9 Å². The van der Waals surface area contributed by atoms with Gasteiger partial charge in [-0.3, -0.25) is 4.48 Å². The molecular weight excluding hydrogens is 236 g/mol. The van der Waals surface area contributed by atoms with Crippen LogP contribution in [0.4, 0.5) is 22.7 Å². The van der Waals surface area contributed by atoms with Gasteiger partial charge >= 0.3 is 0 Å². The number of hydrogen-bond acceptors (Lipinski definition) is 3. The van der Waals surface area contributed by atoms with E-state index in [1.54, 1.807) is 0 Å². The molecule has 0 saturated heterocycles. The predicted octanol–water partition coefficient (Wildman–Crippen LogP) is 3.88. The Bertz CT molecular complexity index is 580. The summed E-state index contributed by atoms with van der Waals surface area (Å²) in [6.07, 6.45) is 0. The lowest BCUT2D eigenvalue weighted by Gasteiger charge is -2.23. The zero-order valence-corrected chi connectivity index (χ0v) is 11.5. The zero-order chi connectivity index (χ0) is 13.9. The third-order valence-electron chi connectivity index (χ3n) is 2.78. The SMILES string of the molecule is C[N+](C)(C)c1cccc(N=Nc2ccc(N)cc2)c1. The van der Waals surface area contributed by atoms with Crippen molar-refractivity contribution in [1.29, 1.82) is 0 Å². The van der Waals surface area contributed by atoms with E-state index in [9.17, 15) is 0 Å². The predicted molar refractivity (Wildman–Crippen MR) is 81.0 cm³/mol. The highest BCUT2D eigenvalue weighted by Gasteiger charge is 2.11. The fourth-order valence-corrected chi connectivity index (χ4v) is 1.63. The Morgan fingerprint density at radius 3 is 2.11 bits per heavy atom. The lowest BCUT2D eigenvalue weighted by Crippen LogP contribution is -2.34. The number of benzene rings is 2. The molecule has 4 heteroatoms.